The Bertz CT molecular complexity index is 954. The van der Waals surface area contributed by atoms with Crippen molar-refractivity contribution in [3.63, 3.8) is 0 Å². The van der Waals surface area contributed by atoms with E-state index < -0.39 is 0 Å². The molecule has 1 aliphatic rings. The monoisotopic (exact) mass is 374 g/mol. The Morgan fingerprint density at radius 3 is 2.50 bits per heavy atom. The number of aryl methyl sites for hydroxylation is 1. The van der Waals surface area contributed by atoms with E-state index in [4.69, 9.17) is 0 Å². The summed E-state index contributed by atoms with van der Waals surface area (Å²) in [6, 6.07) is 11.7. The number of benzene rings is 1. The summed E-state index contributed by atoms with van der Waals surface area (Å²) < 4.78 is 0. The molecule has 0 spiro atoms. The van der Waals surface area contributed by atoms with Crippen molar-refractivity contribution in [2.45, 2.75) is 6.92 Å². The zero-order valence-corrected chi connectivity index (χ0v) is 15.7. The fraction of sp³-hybridized carbons (Fsp3) is 0.238. The molecule has 1 aromatic carbocycles. The van der Waals surface area contributed by atoms with E-state index in [0.29, 0.717) is 37.7 Å². The lowest BCUT2D eigenvalue weighted by atomic mass is 10.2. The molecule has 3 aromatic rings. The summed E-state index contributed by atoms with van der Waals surface area (Å²) >= 11 is 0. The zero-order chi connectivity index (χ0) is 19.3. The quantitative estimate of drug-likeness (QED) is 0.757. The molecule has 28 heavy (non-hydrogen) atoms. The Labute approximate surface area is 164 Å². The van der Waals surface area contributed by atoms with E-state index in [1.807, 2.05) is 36.1 Å². The second-order valence-electron chi connectivity index (χ2n) is 6.78. The molecule has 7 heteroatoms. The highest BCUT2D eigenvalue weighted by molar-refractivity contribution is 5.95. The highest BCUT2D eigenvalue weighted by atomic mass is 16.2. The molecule has 0 radical (unpaired) electrons. The molecule has 0 atom stereocenters. The number of nitrogens with one attached hydrogen (secondary N) is 1. The summed E-state index contributed by atoms with van der Waals surface area (Å²) in [5.41, 5.74) is 3.53. The van der Waals surface area contributed by atoms with Crippen LogP contribution in [0.4, 0.5) is 17.3 Å². The van der Waals surface area contributed by atoms with Gasteiger partial charge in [-0.05, 0) is 36.8 Å². The lowest BCUT2D eigenvalue weighted by Gasteiger charge is -2.34. The molecule has 1 aliphatic heterocycles. The van der Waals surface area contributed by atoms with Crippen LogP contribution in [-0.2, 0) is 0 Å². The lowest BCUT2D eigenvalue weighted by Crippen LogP contribution is -2.49. The van der Waals surface area contributed by atoms with Crippen LogP contribution in [0.2, 0.25) is 0 Å². The van der Waals surface area contributed by atoms with E-state index in [2.05, 4.69) is 31.2 Å². The highest BCUT2D eigenvalue weighted by Crippen LogP contribution is 2.19. The standard InChI is InChI=1S/C21H22N6O/c1-16-4-2-5-18(12-16)25-19-13-17(14-22-15-19)20(28)26-8-10-27(11-9-26)21-23-6-3-7-24-21/h2-7,12-15,25H,8-11H2,1H3. The number of amides is 1. The lowest BCUT2D eigenvalue weighted by molar-refractivity contribution is 0.0746. The summed E-state index contributed by atoms with van der Waals surface area (Å²) in [6.07, 6.45) is 6.82. The first-order valence-electron chi connectivity index (χ1n) is 9.29. The van der Waals surface area contributed by atoms with Gasteiger partial charge in [-0.15, -0.1) is 0 Å². The summed E-state index contributed by atoms with van der Waals surface area (Å²) in [6.45, 7) is 4.73. The smallest absolute Gasteiger partial charge is 0.255 e. The number of anilines is 3. The number of pyridine rings is 1. The van der Waals surface area contributed by atoms with Gasteiger partial charge < -0.3 is 15.1 Å². The minimum absolute atomic E-state index is 0.00553. The molecular formula is C21H22N6O. The average Bonchev–Trinajstić information content (AvgIpc) is 2.74. The molecule has 0 saturated carbocycles. The van der Waals surface area contributed by atoms with Gasteiger partial charge in [-0.3, -0.25) is 9.78 Å². The van der Waals surface area contributed by atoms with Gasteiger partial charge in [0.1, 0.15) is 0 Å². The maximum atomic E-state index is 12.9. The van der Waals surface area contributed by atoms with Crippen LogP contribution in [0.25, 0.3) is 0 Å². The van der Waals surface area contributed by atoms with Crippen molar-refractivity contribution in [2.24, 2.45) is 0 Å². The average molecular weight is 374 g/mol. The van der Waals surface area contributed by atoms with E-state index in [1.165, 1.54) is 5.56 Å². The van der Waals surface area contributed by atoms with Crippen molar-refractivity contribution in [1.82, 2.24) is 19.9 Å². The topological polar surface area (TPSA) is 74.2 Å². The number of carbonyl (C=O) groups is 1. The number of rotatable bonds is 4. The van der Waals surface area contributed by atoms with Gasteiger partial charge in [-0.2, -0.15) is 0 Å². The number of hydrogen-bond acceptors (Lipinski definition) is 6. The van der Waals surface area contributed by atoms with Gasteiger partial charge in [0, 0.05) is 50.5 Å². The summed E-state index contributed by atoms with van der Waals surface area (Å²) in [5, 5.41) is 3.31. The van der Waals surface area contributed by atoms with Crippen molar-refractivity contribution >= 4 is 23.2 Å². The van der Waals surface area contributed by atoms with Crippen LogP contribution in [0, 0.1) is 6.92 Å². The largest absolute Gasteiger partial charge is 0.354 e. The SMILES string of the molecule is Cc1cccc(Nc2cncc(C(=O)N3CCN(c4ncccn4)CC3)c2)c1. The molecule has 7 nitrogen and oxygen atoms in total. The van der Waals surface area contributed by atoms with Gasteiger partial charge in [0.15, 0.2) is 0 Å². The molecule has 0 bridgehead atoms. The molecule has 142 valence electrons. The minimum atomic E-state index is -0.00553. The Morgan fingerprint density at radius 2 is 1.75 bits per heavy atom. The fourth-order valence-corrected chi connectivity index (χ4v) is 3.26. The number of nitrogens with zero attached hydrogens (tertiary/aromatic N) is 5. The third-order valence-corrected chi connectivity index (χ3v) is 4.69. The maximum absolute atomic E-state index is 12.9. The molecule has 1 amide bonds. The first-order valence-corrected chi connectivity index (χ1v) is 9.29. The maximum Gasteiger partial charge on any atom is 0.255 e. The molecule has 4 rings (SSSR count). The second-order valence-corrected chi connectivity index (χ2v) is 6.78. The van der Waals surface area contributed by atoms with Crippen molar-refractivity contribution in [3.8, 4) is 0 Å². The molecular weight excluding hydrogens is 352 g/mol. The highest BCUT2D eigenvalue weighted by Gasteiger charge is 2.23. The zero-order valence-electron chi connectivity index (χ0n) is 15.7. The van der Waals surface area contributed by atoms with Crippen LogP contribution in [0.3, 0.4) is 0 Å². The van der Waals surface area contributed by atoms with Crippen LogP contribution in [0.15, 0.2) is 61.2 Å². The number of hydrogen-bond donors (Lipinski definition) is 1. The molecule has 2 aromatic heterocycles. The number of piperazine rings is 1. The second kappa shape index (κ2) is 8.04. The van der Waals surface area contributed by atoms with E-state index in [1.54, 1.807) is 30.9 Å². The molecule has 1 N–H and O–H groups in total. The summed E-state index contributed by atoms with van der Waals surface area (Å²) in [5.74, 6) is 0.703. The van der Waals surface area contributed by atoms with Crippen LogP contribution in [0.1, 0.15) is 15.9 Å². The van der Waals surface area contributed by atoms with Crippen molar-refractivity contribution in [1.29, 1.82) is 0 Å². The molecule has 0 unspecified atom stereocenters. The van der Waals surface area contributed by atoms with Gasteiger partial charge in [0.05, 0.1) is 17.4 Å². The predicted octanol–water partition coefficient (Wildman–Crippen LogP) is 2.89. The normalized spacial score (nSPS) is 14.0. The van der Waals surface area contributed by atoms with E-state index in [0.717, 1.165) is 11.4 Å². The third-order valence-electron chi connectivity index (χ3n) is 4.69. The summed E-state index contributed by atoms with van der Waals surface area (Å²) in [7, 11) is 0. The summed E-state index contributed by atoms with van der Waals surface area (Å²) in [4.78, 5) is 29.7. The Morgan fingerprint density at radius 1 is 0.964 bits per heavy atom. The van der Waals surface area contributed by atoms with E-state index in [9.17, 15) is 4.79 Å². The van der Waals surface area contributed by atoms with E-state index in [-0.39, 0.29) is 5.91 Å². The van der Waals surface area contributed by atoms with Crippen LogP contribution >= 0.6 is 0 Å². The van der Waals surface area contributed by atoms with Crippen LogP contribution in [0.5, 0.6) is 0 Å². The predicted molar refractivity (Wildman–Crippen MR) is 109 cm³/mol. The van der Waals surface area contributed by atoms with Crippen LogP contribution < -0.4 is 10.2 Å². The van der Waals surface area contributed by atoms with Crippen LogP contribution in [-0.4, -0.2) is 51.9 Å². The first-order chi connectivity index (χ1) is 13.7. The van der Waals surface area contributed by atoms with E-state index >= 15 is 0 Å². The Balaban J connectivity index is 1.41. The first kappa shape index (κ1) is 17.9. The van der Waals surface area contributed by atoms with Gasteiger partial charge >= 0.3 is 0 Å². The Hall–Kier alpha value is -3.48. The van der Waals surface area contributed by atoms with Crippen molar-refractivity contribution in [3.05, 3.63) is 72.3 Å². The molecule has 1 fully saturated rings. The Kier molecular flexibility index (Phi) is 5.14. The molecule has 1 saturated heterocycles. The minimum Gasteiger partial charge on any atom is -0.354 e. The molecule has 0 aliphatic carbocycles. The van der Waals surface area contributed by atoms with Crippen molar-refractivity contribution in [2.75, 3.05) is 36.4 Å². The van der Waals surface area contributed by atoms with Gasteiger partial charge in [0.25, 0.3) is 5.91 Å². The third kappa shape index (κ3) is 4.09. The van der Waals surface area contributed by atoms with Gasteiger partial charge in [0.2, 0.25) is 5.95 Å². The van der Waals surface area contributed by atoms with Crippen molar-refractivity contribution < 1.29 is 4.79 Å². The molecule has 3 heterocycles. The van der Waals surface area contributed by atoms with Gasteiger partial charge in [-0.25, -0.2) is 9.97 Å². The van der Waals surface area contributed by atoms with Gasteiger partial charge in [-0.1, -0.05) is 12.1 Å². The number of carbonyl (C=O) groups excluding carboxylic acids is 1. The fourth-order valence-electron chi connectivity index (χ4n) is 3.26. The number of aromatic nitrogens is 3.